The maximum atomic E-state index is 12.1. The Labute approximate surface area is 140 Å². The first-order chi connectivity index (χ1) is 11.7. The van der Waals surface area contributed by atoms with Gasteiger partial charge < -0.3 is 9.80 Å². The van der Waals surface area contributed by atoms with Crippen LogP contribution in [0, 0.1) is 0 Å². The predicted octanol–water partition coefficient (Wildman–Crippen LogP) is 2.34. The molecule has 1 aliphatic rings. The van der Waals surface area contributed by atoms with Crippen LogP contribution in [0.1, 0.15) is 0 Å². The van der Waals surface area contributed by atoms with Crippen LogP contribution in [0.25, 0.3) is 22.0 Å². The number of anilines is 1. The summed E-state index contributed by atoms with van der Waals surface area (Å²) in [6.07, 6.45) is 0. The van der Waals surface area contributed by atoms with Crippen LogP contribution in [0.5, 0.6) is 0 Å². The molecular formula is C19H20N4O. The van der Waals surface area contributed by atoms with Gasteiger partial charge in [-0.15, -0.1) is 0 Å². The molecule has 1 N–H and O–H groups in total. The highest BCUT2D eigenvalue weighted by atomic mass is 16.1. The van der Waals surface area contributed by atoms with E-state index in [1.165, 1.54) is 5.39 Å². The molecule has 0 atom stereocenters. The van der Waals surface area contributed by atoms with Crippen LogP contribution in [-0.4, -0.2) is 48.1 Å². The maximum Gasteiger partial charge on any atom is 0.252 e. The van der Waals surface area contributed by atoms with Crippen molar-refractivity contribution in [1.82, 2.24) is 14.9 Å². The number of aromatic amines is 1. The van der Waals surface area contributed by atoms with Crippen LogP contribution in [-0.2, 0) is 0 Å². The van der Waals surface area contributed by atoms with Gasteiger partial charge in [-0.1, -0.05) is 36.4 Å². The van der Waals surface area contributed by atoms with E-state index >= 15 is 0 Å². The summed E-state index contributed by atoms with van der Waals surface area (Å²) in [4.78, 5) is 24.1. The average molecular weight is 320 g/mol. The molecule has 1 aliphatic heterocycles. The Bertz CT molecular complexity index is 926. The topological polar surface area (TPSA) is 52.2 Å². The number of hydrogen-bond donors (Lipinski definition) is 1. The first kappa shape index (κ1) is 14.9. The van der Waals surface area contributed by atoms with Crippen molar-refractivity contribution in [3.8, 4) is 11.3 Å². The van der Waals surface area contributed by atoms with Crippen molar-refractivity contribution in [2.75, 3.05) is 38.1 Å². The number of hydrogen-bond acceptors (Lipinski definition) is 4. The molecule has 2 heterocycles. The minimum atomic E-state index is -0.109. The second-order valence-corrected chi connectivity index (χ2v) is 6.31. The normalized spacial score (nSPS) is 15.8. The molecule has 5 heteroatoms. The SMILES string of the molecule is CN1CCN(c2nc(-c3ccc4ccccc4c3)cc(=O)[nH]2)CC1. The fraction of sp³-hybridized carbons (Fsp3) is 0.263. The van der Waals surface area contributed by atoms with Crippen molar-refractivity contribution >= 4 is 16.7 Å². The third-order valence-electron chi connectivity index (χ3n) is 4.58. The molecule has 0 saturated carbocycles. The molecule has 4 rings (SSSR count). The number of rotatable bonds is 2. The van der Waals surface area contributed by atoms with E-state index in [2.05, 4.69) is 46.1 Å². The van der Waals surface area contributed by atoms with Crippen LogP contribution in [0.3, 0.4) is 0 Å². The molecule has 0 spiro atoms. The van der Waals surface area contributed by atoms with Gasteiger partial charge >= 0.3 is 0 Å². The Morgan fingerprint density at radius 2 is 1.71 bits per heavy atom. The van der Waals surface area contributed by atoms with Gasteiger partial charge in [-0.05, 0) is 23.9 Å². The number of H-pyrrole nitrogens is 1. The lowest BCUT2D eigenvalue weighted by Crippen LogP contribution is -2.45. The number of nitrogens with zero attached hydrogens (tertiary/aromatic N) is 3. The third-order valence-corrected chi connectivity index (χ3v) is 4.58. The molecule has 0 amide bonds. The summed E-state index contributed by atoms with van der Waals surface area (Å²) in [7, 11) is 2.11. The number of benzene rings is 2. The second-order valence-electron chi connectivity index (χ2n) is 6.31. The molecule has 0 radical (unpaired) electrons. The lowest BCUT2D eigenvalue weighted by molar-refractivity contribution is 0.311. The fourth-order valence-corrected chi connectivity index (χ4v) is 3.11. The van der Waals surface area contributed by atoms with Gasteiger partial charge in [0.25, 0.3) is 5.56 Å². The summed E-state index contributed by atoms with van der Waals surface area (Å²) in [5.74, 6) is 0.666. The molecule has 1 fully saturated rings. The second kappa shape index (κ2) is 6.09. The largest absolute Gasteiger partial charge is 0.340 e. The Balaban J connectivity index is 1.73. The van der Waals surface area contributed by atoms with E-state index < -0.39 is 0 Å². The van der Waals surface area contributed by atoms with Crippen molar-refractivity contribution in [2.45, 2.75) is 0 Å². The zero-order chi connectivity index (χ0) is 16.5. The lowest BCUT2D eigenvalue weighted by Gasteiger charge is -2.32. The Kier molecular flexibility index (Phi) is 3.78. The highest BCUT2D eigenvalue weighted by molar-refractivity contribution is 5.86. The third kappa shape index (κ3) is 2.90. The van der Waals surface area contributed by atoms with Gasteiger partial charge in [0.2, 0.25) is 5.95 Å². The molecule has 122 valence electrons. The van der Waals surface area contributed by atoms with Gasteiger partial charge in [0.05, 0.1) is 5.69 Å². The van der Waals surface area contributed by atoms with Gasteiger partial charge in [0, 0.05) is 37.8 Å². The fourth-order valence-electron chi connectivity index (χ4n) is 3.11. The van der Waals surface area contributed by atoms with E-state index in [0.29, 0.717) is 5.95 Å². The minimum absolute atomic E-state index is 0.109. The predicted molar refractivity (Wildman–Crippen MR) is 97.5 cm³/mol. The van der Waals surface area contributed by atoms with E-state index in [1.807, 2.05) is 18.2 Å². The summed E-state index contributed by atoms with van der Waals surface area (Å²) < 4.78 is 0. The van der Waals surface area contributed by atoms with Crippen LogP contribution < -0.4 is 10.5 Å². The molecular weight excluding hydrogens is 300 g/mol. The molecule has 0 aliphatic carbocycles. The van der Waals surface area contributed by atoms with Gasteiger partial charge in [0.15, 0.2) is 0 Å². The molecule has 0 unspecified atom stereocenters. The minimum Gasteiger partial charge on any atom is -0.340 e. The van der Waals surface area contributed by atoms with Crippen molar-refractivity contribution < 1.29 is 0 Å². The highest BCUT2D eigenvalue weighted by Crippen LogP contribution is 2.23. The van der Waals surface area contributed by atoms with Crippen molar-refractivity contribution in [2.24, 2.45) is 0 Å². The summed E-state index contributed by atoms with van der Waals surface area (Å²) in [6, 6.07) is 16.0. The molecule has 24 heavy (non-hydrogen) atoms. The summed E-state index contributed by atoms with van der Waals surface area (Å²) >= 11 is 0. The number of nitrogens with one attached hydrogen (secondary N) is 1. The van der Waals surface area contributed by atoms with Crippen LogP contribution in [0.4, 0.5) is 5.95 Å². The van der Waals surface area contributed by atoms with E-state index in [1.54, 1.807) is 6.07 Å². The van der Waals surface area contributed by atoms with E-state index in [9.17, 15) is 4.79 Å². The first-order valence-corrected chi connectivity index (χ1v) is 8.23. The van der Waals surface area contributed by atoms with Crippen LogP contribution >= 0.6 is 0 Å². The van der Waals surface area contributed by atoms with Crippen LogP contribution in [0.2, 0.25) is 0 Å². The van der Waals surface area contributed by atoms with Crippen molar-refractivity contribution in [3.63, 3.8) is 0 Å². The molecule has 2 aromatic carbocycles. The molecule has 1 aromatic heterocycles. The zero-order valence-electron chi connectivity index (χ0n) is 13.7. The Morgan fingerprint density at radius 1 is 0.958 bits per heavy atom. The van der Waals surface area contributed by atoms with E-state index in [-0.39, 0.29) is 5.56 Å². The summed E-state index contributed by atoms with van der Waals surface area (Å²) in [5, 5.41) is 2.34. The van der Waals surface area contributed by atoms with Crippen molar-refractivity contribution in [3.05, 3.63) is 58.9 Å². The number of aromatic nitrogens is 2. The number of likely N-dealkylation sites (N-methyl/N-ethyl adjacent to an activating group) is 1. The zero-order valence-corrected chi connectivity index (χ0v) is 13.7. The molecule has 0 bridgehead atoms. The summed E-state index contributed by atoms with van der Waals surface area (Å²) in [5.41, 5.74) is 1.58. The number of piperazine rings is 1. The average Bonchev–Trinajstić information content (AvgIpc) is 2.61. The lowest BCUT2D eigenvalue weighted by atomic mass is 10.1. The standard InChI is InChI=1S/C19H20N4O/c1-22-8-10-23(11-9-22)19-20-17(13-18(24)21-19)16-7-6-14-4-2-3-5-15(14)12-16/h2-7,12-13H,8-11H2,1H3,(H,20,21,24). The van der Waals surface area contributed by atoms with Crippen LogP contribution in [0.15, 0.2) is 53.3 Å². The Morgan fingerprint density at radius 3 is 2.50 bits per heavy atom. The van der Waals surface area contributed by atoms with E-state index in [4.69, 9.17) is 4.98 Å². The molecule has 3 aromatic rings. The van der Waals surface area contributed by atoms with Gasteiger partial charge in [0.1, 0.15) is 0 Å². The monoisotopic (exact) mass is 320 g/mol. The van der Waals surface area contributed by atoms with E-state index in [0.717, 1.165) is 42.8 Å². The summed E-state index contributed by atoms with van der Waals surface area (Å²) in [6.45, 7) is 3.70. The molecule has 1 saturated heterocycles. The smallest absolute Gasteiger partial charge is 0.252 e. The van der Waals surface area contributed by atoms with Gasteiger partial charge in [-0.2, -0.15) is 0 Å². The van der Waals surface area contributed by atoms with Crippen molar-refractivity contribution in [1.29, 1.82) is 0 Å². The van der Waals surface area contributed by atoms with Gasteiger partial charge in [-0.3, -0.25) is 9.78 Å². The molecule has 5 nitrogen and oxygen atoms in total. The highest BCUT2D eigenvalue weighted by Gasteiger charge is 2.17. The quantitative estimate of drug-likeness (QED) is 0.787. The maximum absolute atomic E-state index is 12.1. The first-order valence-electron chi connectivity index (χ1n) is 8.23. The van der Waals surface area contributed by atoms with Gasteiger partial charge in [-0.25, -0.2) is 4.98 Å². The Hall–Kier alpha value is -2.66. The number of fused-ring (bicyclic) bond motifs is 1.